The second kappa shape index (κ2) is 6.94. The van der Waals surface area contributed by atoms with Crippen LogP contribution in [0.1, 0.15) is 60.3 Å². The van der Waals surface area contributed by atoms with Gasteiger partial charge in [-0.05, 0) is 51.0 Å². The molecule has 1 aliphatic rings. The maximum atomic E-state index is 12.3. The minimum Gasteiger partial charge on any atom is -0.351 e. The van der Waals surface area contributed by atoms with Gasteiger partial charge in [0, 0.05) is 11.5 Å². The Morgan fingerprint density at radius 1 is 1.21 bits per heavy atom. The number of hydrogen-bond acceptors (Lipinski definition) is 2. The van der Waals surface area contributed by atoms with Gasteiger partial charge < -0.3 is 11.1 Å². The maximum absolute atomic E-state index is 12.3. The number of halogens is 1. The van der Waals surface area contributed by atoms with Crippen LogP contribution in [-0.2, 0) is 4.79 Å². The molecule has 3 nitrogen and oxygen atoms in total. The molecular weight excluding hydrogens is 260 g/mol. The lowest BCUT2D eigenvalue weighted by atomic mass is 9.81. The van der Waals surface area contributed by atoms with Crippen molar-refractivity contribution in [1.82, 2.24) is 5.32 Å². The number of amides is 1. The van der Waals surface area contributed by atoms with E-state index in [0.717, 1.165) is 25.7 Å². The molecule has 0 heterocycles. The summed E-state index contributed by atoms with van der Waals surface area (Å²) in [5.74, 6) is 0.724. The minimum atomic E-state index is -0.142. The van der Waals surface area contributed by atoms with Crippen LogP contribution >= 0.6 is 12.4 Å². The molecule has 1 aliphatic carbocycles. The maximum Gasteiger partial charge on any atom is 0.223 e. The van der Waals surface area contributed by atoms with Crippen molar-refractivity contribution in [2.24, 2.45) is 23.0 Å². The lowest BCUT2D eigenvalue weighted by Gasteiger charge is -2.34. The largest absolute Gasteiger partial charge is 0.351 e. The summed E-state index contributed by atoms with van der Waals surface area (Å²) in [6.45, 7) is 11.5. The zero-order valence-electron chi connectivity index (χ0n) is 13.1. The zero-order valence-corrected chi connectivity index (χ0v) is 13.9. The van der Waals surface area contributed by atoms with Crippen LogP contribution in [0.2, 0.25) is 0 Å². The first-order valence-corrected chi connectivity index (χ1v) is 7.17. The van der Waals surface area contributed by atoms with E-state index in [4.69, 9.17) is 5.73 Å². The Balaban J connectivity index is 0.00000324. The molecule has 0 spiro atoms. The summed E-state index contributed by atoms with van der Waals surface area (Å²) in [7, 11) is 0. The predicted octanol–water partition coefficient (Wildman–Crippen LogP) is 3.11. The van der Waals surface area contributed by atoms with Crippen molar-refractivity contribution in [3.8, 4) is 0 Å². The summed E-state index contributed by atoms with van der Waals surface area (Å²) in [6, 6.07) is 0. The van der Waals surface area contributed by atoms with Gasteiger partial charge in [0.2, 0.25) is 5.91 Å². The van der Waals surface area contributed by atoms with Gasteiger partial charge in [-0.2, -0.15) is 0 Å². The van der Waals surface area contributed by atoms with E-state index in [0.29, 0.717) is 12.5 Å². The van der Waals surface area contributed by atoms with E-state index in [1.54, 1.807) is 0 Å². The molecule has 0 aromatic heterocycles. The second-order valence-electron chi connectivity index (χ2n) is 7.64. The average Bonchev–Trinajstić information content (AvgIpc) is 2.59. The van der Waals surface area contributed by atoms with Crippen molar-refractivity contribution in [3.05, 3.63) is 0 Å². The molecule has 0 saturated heterocycles. The molecule has 1 rings (SSSR count). The van der Waals surface area contributed by atoms with Crippen molar-refractivity contribution in [1.29, 1.82) is 0 Å². The number of carbonyl (C=O) groups excluding carboxylic acids is 1. The smallest absolute Gasteiger partial charge is 0.223 e. The molecule has 1 amide bonds. The van der Waals surface area contributed by atoms with Gasteiger partial charge in [-0.3, -0.25) is 4.79 Å². The van der Waals surface area contributed by atoms with Gasteiger partial charge in [-0.15, -0.1) is 12.4 Å². The van der Waals surface area contributed by atoms with E-state index in [1.807, 2.05) is 0 Å². The molecule has 0 unspecified atom stereocenters. The van der Waals surface area contributed by atoms with E-state index in [2.05, 4.69) is 39.9 Å². The minimum absolute atomic E-state index is 0. The summed E-state index contributed by atoms with van der Waals surface area (Å²) in [4.78, 5) is 12.3. The third-order valence-corrected chi connectivity index (χ3v) is 3.73. The van der Waals surface area contributed by atoms with Gasteiger partial charge in [-0.1, -0.05) is 27.2 Å². The number of hydrogen-bond donors (Lipinski definition) is 2. The molecule has 0 aliphatic heterocycles. The molecule has 3 N–H and O–H groups in total. The molecule has 0 aromatic rings. The number of nitrogens with one attached hydrogen (secondary N) is 1. The molecule has 1 saturated carbocycles. The Morgan fingerprint density at radius 2 is 1.79 bits per heavy atom. The first-order chi connectivity index (χ1) is 8.14. The van der Waals surface area contributed by atoms with E-state index in [9.17, 15) is 4.79 Å². The topological polar surface area (TPSA) is 55.1 Å². The van der Waals surface area contributed by atoms with E-state index < -0.39 is 0 Å². The number of nitrogens with two attached hydrogens (primary N) is 1. The monoisotopic (exact) mass is 290 g/mol. The van der Waals surface area contributed by atoms with E-state index in [-0.39, 0.29) is 35.2 Å². The van der Waals surface area contributed by atoms with Crippen molar-refractivity contribution in [2.45, 2.75) is 65.8 Å². The Bertz CT molecular complexity index is 297. The highest BCUT2D eigenvalue weighted by Gasteiger charge is 2.35. The van der Waals surface area contributed by atoms with Crippen LogP contribution < -0.4 is 11.1 Å². The van der Waals surface area contributed by atoms with Gasteiger partial charge in [0.15, 0.2) is 0 Å². The van der Waals surface area contributed by atoms with Crippen LogP contribution in [0.5, 0.6) is 0 Å². The fourth-order valence-corrected chi connectivity index (χ4v) is 3.46. The molecule has 4 heteroatoms. The van der Waals surface area contributed by atoms with E-state index >= 15 is 0 Å². The lowest BCUT2D eigenvalue weighted by molar-refractivity contribution is -0.127. The Kier molecular flexibility index (Phi) is 6.84. The molecule has 114 valence electrons. The van der Waals surface area contributed by atoms with Crippen molar-refractivity contribution in [3.63, 3.8) is 0 Å². The molecule has 0 radical (unpaired) electrons. The van der Waals surface area contributed by atoms with Crippen LogP contribution in [0.25, 0.3) is 0 Å². The van der Waals surface area contributed by atoms with Gasteiger partial charge in [-0.25, -0.2) is 0 Å². The fourth-order valence-electron chi connectivity index (χ4n) is 3.46. The van der Waals surface area contributed by atoms with Gasteiger partial charge in [0.25, 0.3) is 0 Å². The molecule has 1 fully saturated rings. The third kappa shape index (κ3) is 6.13. The summed E-state index contributed by atoms with van der Waals surface area (Å²) in [5.41, 5.74) is 5.83. The lowest BCUT2D eigenvalue weighted by Crippen LogP contribution is -2.49. The van der Waals surface area contributed by atoms with Crippen LogP contribution in [0, 0.1) is 17.3 Å². The predicted molar refractivity (Wildman–Crippen MR) is 83.4 cm³/mol. The second-order valence-corrected chi connectivity index (χ2v) is 7.64. The van der Waals surface area contributed by atoms with Crippen molar-refractivity contribution in [2.75, 3.05) is 6.54 Å². The molecule has 19 heavy (non-hydrogen) atoms. The third-order valence-electron chi connectivity index (χ3n) is 3.73. The SMILES string of the molecule is CC(C)(C)CC(C)(C)NC(=O)[C@@H]1CCC[C@@H]1CN.Cl. The van der Waals surface area contributed by atoms with Gasteiger partial charge in [0.05, 0.1) is 0 Å². The van der Waals surface area contributed by atoms with Gasteiger partial charge in [0.1, 0.15) is 0 Å². The van der Waals surface area contributed by atoms with Crippen molar-refractivity contribution < 1.29 is 4.79 Å². The quantitative estimate of drug-likeness (QED) is 0.836. The molecular formula is C15H31ClN2O. The van der Waals surface area contributed by atoms with Crippen molar-refractivity contribution >= 4 is 18.3 Å². The van der Waals surface area contributed by atoms with E-state index in [1.165, 1.54) is 0 Å². The van der Waals surface area contributed by atoms with Crippen LogP contribution in [0.4, 0.5) is 0 Å². The van der Waals surface area contributed by atoms with Crippen LogP contribution in [0.15, 0.2) is 0 Å². The average molecular weight is 291 g/mol. The summed E-state index contributed by atoms with van der Waals surface area (Å²) >= 11 is 0. The summed E-state index contributed by atoms with van der Waals surface area (Å²) < 4.78 is 0. The summed E-state index contributed by atoms with van der Waals surface area (Å²) in [6.07, 6.45) is 4.22. The van der Waals surface area contributed by atoms with Crippen LogP contribution in [0.3, 0.4) is 0 Å². The first-order valence-electron chi connectivity index (χ1n) is 7.17. The fraction of sp³-hybridized carbons (Fsp3) is 0.933. The molecule has 2 atom stereocenters. The number of carbonyl (C=O) groups is 1. The highest BCUT2D eigenvalue weighted by molar-refractivity contribution is 5.85. The van der Waals surface area contributed by atoms with Gasteiger partial charge >= 0.3 is 0 Å². The Labute approximate surface area is 124 Å². The summed E-state index contributed by atoms with van der Waals surface area (Å²) in [5, 5.41) is 3.22. The first kappa shape index (κ1) is 18.7. The standard InChI is InChI=1S/C15H30N2O.ClH/c1-14(2,3)10-15(4,5)17-13(18)12-8-6-7-11(12)9-16;/h11-12H,6-10,16H2,1-5H3,(H,17,18);1H/t11-,12-;/m1./s1. The zero-order chi connectivity index (χ0) is 14.0. The number of rotatable bonds is 4. The normalized spacial score (nSPS) is 23.9. The highest BCUT2D eigenvalue weighted by Crippen LogP contribution is 2.32. The van der Waals surface area contributed by atoms with Crippen LogP contribution in [-0.4, -0.2) is 18.0 Å². The molecule has 0 aromatic carbocycles. The Morgan fingerprint density at radius 3 is 2.26 bits per heavy atom. The Hall–Kier alpha value is -0.280. The highest BCUT2D eigenvalue weighted by atomic mass is 35.5. The molecule has 0 bridgehead atoms.